The first kappa shape index (κ1) is 19.3. The average Bonchev–Trinajstić information content (AvgIpc) is 3.39. The molecule has 8 nitrogen and oxygen atoms in total. The van der Waals surface area contributed by atoms with Gasteiger partial charge in [0, 0.05) is 38.1 Å². The minimum absolute atomic E-state index is 0.237. The molecule has 3 fully saturated rings. The molecule has 0 aromatic heterocycles. The van der Waals surface area contributed by atoms with Gasteiger partial charge in [-0.2, -0.15) is 0 Å². The molecule has 1 aliphatic carbocycles. The lowest BCUT2D eigenvalue weighted by Gasteiger charge is -2.50. The van der Waals surface area contributed by atoms with Crippen LogP contribution in [0.15, 0.2) is 18.2 Å². The highest BCUT2D eigenvalue weighted by Crippen LogP contribution is 2.49. The lowest BCUT2D eigenvalue weighted by Crippen LogP contribution is -2.70. The quantitative estimate of drug-likeness (QED) is 0.549. The number of hydrogen-bond donors (Lipinski definition) is 2. The molecule has 9 heteroatoms. The molecular formula is C21H25N5O3S. The Kier molecular flexibility index (Phi) is 4.29. The average molecular weight is 428 g/mol. The van der Waals surface area contributed by atoms with Gasteiger partial charge in [-0.15, -0.1) is 0 Å². The summed E-state index contributed by atoms with van der Waals surface area (Å²) in [5.41, 5.74) is 1.53. The normalized spacial score (nSPS) is 24.8. The van der Waals surface area contributed by atoms with E-state index in [1.165, 1.54) is 14.1 Å². The van der Waals surface area contributed by atoms with Gasteiger partial charge in [-0.1, -0.05) is 0 Å². The molecule has 3 aliphatic heterocycles. The first-order valence-corrected chi connectivity index (χ1v) is 10.8. The third-order valence-electron chi connectivity index (χ3n) is 6.80. The van der Waals surface area contributed by atoms with Crippen LogP contribution in [0, 0.1) is 5.41 Å². The molecule has 1 spiro atoms. The van der Waals surface area contributed by atoms with Crippen molar-refractivity contribution in [2.75, 3.05) is 30.9 Å². The summed E-state index contributed by atoms with van der Waals surface area (Å²) in [5, 5.41) is 7.06. The van der Waals surface area contributed by atoms with E-state index < -0.39 is 23.3 Å². The van der Waals surface area contributed by atoms with Crippen LogP contribution in [0.3, 0.4) is 0 Å². The van der Waals surface area contributed by atoms with Crippen molar-refractivity contribution in [3.63, 3.8) is 0 Å². The van der Waals surface area contributed by atoms with Gasteiger partial charge in [0.2, 0.25) is 11.8 Å². The summed E-state index contributed by atoms with van der Waals surface area (Å²) in [7, 11) is 2.92. The number of imide groups is 2. The van der Waals surface area contributed by atoms with Crippen LogP contribution >= 0.6 is 12.2 Å². The lowest BCUT2D eigenvalue weighted by molar-refractivity contribution is -0.159. The summed E-state index contributed by atoms with van der Waals surface area (Å²) in [6.45, 7) is 0.787. The van der Waals surface area contributed by atoms with Crippen LogP contribution in [0.4, 0.5) is 16.2 Å². The second kappa shape index (κ2) is 6.66. The number of barbiturate groups is 1. The predicted octanol–water partition coefficient (Wildman–Crippen LogP) is 1.70. The first-order valence-electron chi connectivity index (χ1n) is 10.4. The Hall–Kier alpha value is -2.68. The van der Waals surface area contributed by atoms with Crippen molar-refractivity contribution in [2.24, 2.45) is 5.41 Å². The Labute approximate surface area is 180 Å². The molecule has 0 bridgehead atoms. The fourth-order valence-corrected chi connectivity index (χ4v) is 5.46. The van der Waals surface area contributed by atoms with E-state index in [0.717, 1.165) is 59.0 Å². The van der Waals surface area contributed by atoms with E-state index in [1.54, 1.807) is 0 Å². The Morgan fingerprint density at radius 1 is 1.10 bits per heavy atom. The first-order chi connectivity index (χ1) is 14.3. The minimum Gasteiger partial charge on any atom is -0.367 e. The number of urea groups is 1. The number of rotatable bonds is 2. The fourth-order valence-electron chi connectivity index (χ4n) is 5.18. The van der Waals surface area contributed by atoms with Gasteiger partial charge in [-0.3, -0.25) is 19.4 Å². The number of nitrogens with zero attached hydrogens (tertiary/aromatic N) is 3. The SMILES string of the molecule is CN1C(=O)N(C)C(=O)C2(Cc3cc(NC(=S)NC4CC4)ccc3N3CCC[C@H]32)C1=O. The molecule has 1 saturated carbocycles. The molecule has 1 aromatic carbocycles. The van der Waals surface area contributed by atoms with Crippen molar-refractivity contribution >= 4 is 46.6 Å². The van der Waals surface area contributed by atoms with Crippen LogP contribution in [-0.4, -0.2) is 65.5 Å². The number of carbonyl (C=O) groups is 3. The molecule has 0 unspecified atom stereocenters. The van der Waals surface area contributed by atoms with Gasteiger partial charge in [0.15, 0.2) is 10.5 Å². The van der Waals surface area contributed by atoms with Crippen molar-refractivity contribution in [1.82, 2.24) is 15.1 Å². The Morgan fingerprint density at radius 2 is 1.80 bits per heavy atom. The summed E-state index contributed by atoms with van der Waals surface area (Å²) in [6, 6.07) is 5.65. The molecule has 30 heavy (non-hydrogen) atoms. The van der Waals surface area contributed by atoms with Crippen LogP contribution in [0.1, 0.15) is 31.2 Å². The number of benzene rings is 1. The topological polar surface area (TPSA) is 85.0 Å². The molecule has 4 amide bonds. The van der Waals surface area contributed by atoms with Crippen molar-refractivity contribution in [3.8, 4) is 0 Å². The lowest BCUT2D eigenvalue weighted by atomic mass is 9.68. The second-order valence-corrected chi connectivity index (χ2v) is 9.13. The summed E-state index contributed by atoms with van der Waals surface area (Å²) in [6.07, 6.45) is 4.20. The van der Waals surface area contributed by atoms with E-state index in [-0.39, 0.29) is 12.5 Å². The fraction of sp³-hybridized carbons (Fsp3) is 0.524. The summed E-state index contributed by atoms with van der Waals surface area (Å²) >= 11 is 5.39. The van der Waals surface area contributed by atoms with Gasteiger partial charge in [-0.25, -0.2) is 4.79 Å². The predicted molar refractivity (Wildman–Crippen MR) is 116 cm³/mol. The minimum atomic E-state index is -1.27. The Bertz CT molecular complexity index is 951. The zero-order valence-electron chi connectivity index (χ0n) is 17.1. The maximum absolute atomic E-state index is 13.4. The molecule has 4 aliphatic rings. The highest BCUT2D eigenvalue weighted by atomic mass is 32.1. The van der Waals surface area contributed by atoms with E-state index in [0.29, 0.717) is 11.2 Å². The number of thiocarbonyl (C=S) groups is 1. The highest BCUT2D eigenvalue weighted by Gasteiger charge is 2.63. The zero-order valence-corrected chi connectivity index (χ0v) is 17.9. The number of carbonyl (C=O) groups excluding carboxylic acids is 3. The van der Waals surface area contributed by atoms with Gasteiger partial charge >= 0.3 is 6.03 Å². The van der Waals surface area contributed by atoms with Crippen LogP contribution in [-0.2, 0) is 16.0 Å². The largest absolute Gasteiger partial charge is 0.367 e. The molecule has 2 saturated heterocycles. The molecular weight excluding hydrogens is 402 g/mol. The van der Waals surface area contributed by atoms with Crippen LogP contribution < -0.4 is 15.5 Å². The Balaban J connectivity index is 1.53. The van der Waals surface area contributed by atoms with Gasteiger partial charge < -0.3 is 15.5 Å². The maximum atomic E-state index is 13.4. The third-order valence-corrected chi connectivity index (χ3v) is 7.02. The summed E-state index contributed by atoms with van der Waals surface area (Å²) in [5.74, 6) is -0.801. The molecule has 158 valence electrons. The van der Waals surface area contributed by atoms with E-state index in [1.807, 2.05) is 18.2 Å². The number of nitrogens with one attached hydrogen (secondary N) is 2. The molecule has 5 rings (SSSR count). The molecule has 1 atom stereocenters. The van der Waals surface area contributed by atoms with Crippen LogP contribution in [0.5, 0.6) is 0 Å². The molecule has 2 N–H and O–H groups in total. The van der Waals surface area contributed by atoms with E-state index in [9.17, 15) is 14.4 Å². The number of hydrogen-bond acceptors (Lipinski definition) is 5. The van der Waals surface area contributed by atoms with Gasteiger partial charge in [-0.05, 0) is 68.1 Å². The van der Waals surface area contributed by atoms with Crippen LogP contribution in [0.25, 0.3) is 0 Å². The molecule has 0 radical (unpaired) electrons. The highest BCUT2D eigenvalue weighted by molar-refractivity contribution is 7.80. The number of anilines is 2. The third kappa shape index (κ3) is 2.71. The van der Waals surface area contributed by atoms with Crippen molar-refractivity contribution in [2.45, 2.75) is 44.2 Å². The van der Waals surface area contributed by atoms with Gasteiger partial charge in [0.25, 0.3) is 0 Å². The van der Waals surface area contributed by atoms with Crippen LogP contribution in [0.2, 0.25) is 0 Å². The second-order valence-electron chi connectivity index (χ2n) is 8.73. The van der Waals surface area contributed by atoms with E-state index in [4.69, 9.17) is 12.2 Å². The zero-order chi connectivity index (χ0) is 21.2. The summed E-state index contributed by atoms with van der Waals surface area (Å²) in [4.78, 5) is 43.5. The van der Waals surface area contributed by atoms with Crippen molar-refractivity contribution < 1.29 is 14.4 Å². The smallest absolute Gasteiger partial charge is 0.332 e. The molecule has 3 heterocycles. The standard InChI is InChI=1S/C21H25N5O3S/c1-24-17(27)21(18(28)25(2)20(24)29)11-12-10-14(23-19(30)22-13-5-6-13)7-8-15(12)26-9-3-4-16(21)26/h7-8,10,13,16H,3-6,9,11H2,1-2H3,(H2,22,23,30)/t16-/m0/s1. The number of fused-ring (bicyclic) bond motifs is 4. The van der Waals surface area contributed by atoms with E-state index >= 15 is 0 Å². The van der Waals surface area contributed by atoms with Gasteiger partial charge in [0.1, 0.15) is 0 Å². The number of amides is 4. The van der Waals surface area contributed by atoms with E-state index in [2.05, 4.69) is 15.5 Å². The van der Waals surface area contributed by atoms with Crippen molar-refractivity contribution in [3.05, 3.63) is 23.8 Å². The van der Waals surface area contributed by atoms with Gasteiger partial charge in [0.05, 0.1) is 6.04 Å². The monoisotopic (exact) mass is 427 g/mol. The molecule has 1 aromatic rings. The van der Waals surface area contributed by atoms with Crippen molar-refractivity contribution in [1.29, 1.82) is 0 Å². The maximum Gasteiger partial charge on any atom is 0.332 e. The summed E-state index contributed by atoms with van der Waals surface area (Å²) < 4.78 is 0. The Morgan fingerprint density at radius 3 is 2.47 bits per heavy atom.